The van der Waals surface area contributed by atoms with Gasteiger partial charge in [-0.25, -0.2) is 4.39 Å². The Hall–Kier alpha value is -3.50. The zero-order valence-electron chi connectivity index (χ0n) is 20.3. The highest BCUT2D eigenvalue weighted by Gasteiger charge is 2.39. The first-order chi connectivity index (χ1) is 17.4. The Balaban J connectivity index is 1.38. The predicted molar refractivity (Wildman–Crippen MR) is 129 cm³/mol. The van der Waals surface area contributed by atoms with Crippen molar-refractivity contribution in [1.82, 2.24) is 10.2 Å². The summed E-state index contributed by atoms with van der Waals surface area (Å²) in [5.41, 5.74) is 1.24. The molecule has 4 rings (SSSR count). The summed E-state index contributed by atoms with van der Waals surface area (Å²) in [4.78, 5) is 39.2. The molecule has 0 aliphatic carbocycles. The summed E-state index contributed by atoms with van der Waals surface area (Å²) in [7, 11) is 3.15. The highest BCUT2D eigenvalue weighted by molar-refractivity contribution is 6.00. The number of ether oxygens (including phenoxy) is 3. The lowest BCUT2D eigenvalue weighted by atomic mass is 9.94. The van der Waals surface area contributed by atoms with E-state index < -0.39 is 6.10 Å². The molecule has 3 atom stereocenters. The highest BCUT2D eigenvalue weighted by atomic mass is 19.1. The third kappa shape index (κ3) is 6.00. The van der Waals surface area contributed by atoms with Crippen molar-refractivity contribution in [3.05, 3.63) is 59.4 Å². The van der Waals surface area contributed by atoms with Crippen LogP contribution in [0.15, 0.2) is 42.5 Å². The first-order valence-electron chi connectivity index (χ1n) is 11.8. The summed E-state index contributed by atoms with van der Waals surface area (Å²) < 4.78 is 30.7. The summed E-state index contributed by atoms with van der Waals surface area (Å²) in [5, 5.41) is 5.44. The van der Waals surface area contributed by atoms with Crippen molar-refractivity contribution in [2.75, 3.05) is 32.7 Å². The monoisotopic (exact) mass is 499 g/mol. The van der Waals surface area contributed by atoms with Crippen LogP contribution in [0.3, 0.4) is 0 Å². The van der Waals surface area contributed by atoms with Crippen LogP contribution < -0.4 is 15.4 Å². The van der Waals surface area contributed by atoms with E-state index in [1.165, 1.54) is 13.2 Å². The summed E-state index contributed by atoms with van der Waals surface area (Å²) in [6, 6.07) is 11.0. The number of carbonyl (C=O) groups excluding carboxylic acids is 3. The van der Waals surface area contributed by atoms with Crippen LogP contribution in [0.4, 0.5) is 10.1 Å². The quantitative estimate of drug-likeness (QED) is 0.607. The molecule has 2 aliphatic rings. The molecule has 9 nitrogen and oxygen atoms in total. The Kier molecular flexibility index (Phi) is 8.17. The third-order valence-corrected chi connectivity index (χ3v) is 6.42. The molecule has 2 aromatic carbocycles. The van der Waals surface area contributed by atoms with E-state index in [4.69, 9.17) is 14.2 Å². The first-order valence-corrected chi connectivity index (χ1v) is 11.8. The second-order valence-electron chi connectivity index (χ2n) is 8.93. The summed E-state index contributed by atoms with van der Waals surface area (Å²) >= 11 is 0. The minimum Gasteiger partial charge on any atom is -0.490 e. The highest BCUT2D eigenvalue weighted by Crippen LogP contribution is 2.32. The zero-order valence-corrected chi connectivity index (χ0v) is 20.3. The summed E-state index contributed by atoms with van der Waals surface area (Å²) in [5.74, 6) is -0.768. The van der Waals surface area contributed by atoms with Crippen molar-refractivity contribution in [2.45, 2.75) is 44.1 Å². The van der Waals surface area contributed by atoms with Gasteiger partial charge in [0.1, 0.15) is 30.9 Å². The fourth-order valence-corrected chi connectivity index (χ4v) is 4.55. The van der Waals surface area contributed by atoms with Crippen LogP contribution in [0.5, 0.6) is 5.75 Å². The number of likely N-dealkylation sites (N-methyl/N-ethyl adjacent to an activating group) is 1. The molecular weight excluding hydrogens is 469 g/mol. The van der Waals surface area contributed by atoms with Gasteiger partial charge in [-0.15, -0.1) is 0 Å². The molecule has 1 saturated heterocycles. The fraction of sp³-hybridized carbons (Fsp3) is 0.423. The fourth-order valence-electron chi connectivity index (χ4n) is 4.55. The number of hydrogen-bond acceptors (Lipinski definition) is 6. The van der Waals surface area contributed by atoms with Crippen molar-refractivity contribution in [3.8, 4) is 5.75 Å². The molecule has 0 saturated carbocycles. The zero-order chi connectivity index (χ0) is 25.7. The maximum absolute atomic E-state index is 13.8. The maximum Gasteiger partial charge on any atom is 0.257 e. The van der Waals surface area contributed by atoms with Crippen LogP contribution in [0.25, 0.3) is 0 Å². The van der Waals surface area contributed by atoms with Crippen molar-refractivity contribution >= 4 is 23.4 Å². The lowest BCUT2D eigenvalue weighted by Crippen LogP contribution is -2.53. The van der Waals surface area contributed by atoms with Crippen LogP contribution in [-0.4, -0.2) is 68.2 Å². The molecule has 192 valence electrons. The molecule has 10 heteroatoms. The molecule has 2 heterocycles. The van der Waals surface area contributed by atoms with Crippen LogP contribution in [0, 0.1) is 5.82 Å². The predicted octanol–water partition coefficient (Wildman–Crippen LogP) is 2.50. The van der Waals surface area contributed by atoms with Gasteiger partial charge in [-0.05, 0) is 37.1 Å². The molecule has 0 radical (unpaired) electrons. The lowest BCUT2D eigenvalue weighted by molar-refractivity contribution is -0.134. The van der Waals surface area contributed by atoms with Crippen LogP contribution in [-0.2, 0) is 25.6 Å². The molecule has 2 aliphatic heterocycles. The number of benzene rings is 2. The topological polar surface area (TPSA) is 106 Å². The Bertz CT molecular complexity index is 1130. The Labute approximate surface area is 208 Å². The van der Waals surface area contributed by atoms with Crippen LogP contribution in [0.1, 0.15) is 35.2 Å². The van der Waals surface area contributed by atoms with Crippen molar-refractivity contribution in [1.29, 1.82) is 0 Å². The summed E-state index contributed by atoms with van der Waals surface area (Å²) in [6.45, 7) is 0.220. The van der Waals surface area contributed by atoms with Gasteiger partial charge in [0, 0.05) is 32.0 Å². The van der Waals surface area contributed by atoms with Gasteiger partial charge in [-0.1, -0.05) is 18.2 Å². The molecule has 0 unspecified atom stereocenters. The molecule has 3 amide bonds. The van der Waals surface area contributed by atoms with Gasteiger partial charge in [-0.3, -0.25) is 14.4 Å². The van der Waals surface area contributed by atoms with Crippen LogP contribution in [0.2, 0.25) is 0 Å². The van der Waals surface area contributed by atoms with E-state index in [1.54, 1.807) is 48.3 Å². The SMILES string of the molecule is COCC(=O)Nc1ccc2c(c1)C(=O)N(C)[C@H]1CC[C@@H](CC(=O)NCc3ccccc3F)O[C@@H]1CO2. The van der Waals surface area contributed by atoms with Gasteiger partial charge in [0.05, 0.1) is 24.1 Å². The smallest absolute Gasteiger partial charge is 0.257 e. The molecule has 36 heavy (non-hydrogen) atoms. The average Bonchev–Trinajstić information content (AvgIpc) is 2.86. The number of rotatable bonds is 7. The second kappa shape index (κ2) is 11.5. The molecule has 2 aromatic rings. The van der Waals surface area contributed by atoms with Crippen molar-refractivity contribution in [3.63, 3.8) is 0 Å². The number of nitrogens with zero attached hydrogens (tertiary/aromatic N) is 1. The van der Waals surface area contributed by atoms with Gasteiger partial charge in [0.2, 0.25) is 11.8 Å². The van der Waals surface area contributed by atoms with Crippen molar-refractivity contribution < 1.29 is 33.0 Å². The minimum absolute atomic E-state index is 0.0924. The van der Waals surface area contributed by atoms with E-state index >= 15 is 0 Å². The molecule has 0 spiro atoms. The Morgan fingerprint density at radius 3 is 2.75 bits per heavy atom. The minimum atomic E-state index is -0.411. The van der Waals surface area contributed by atoms with E-state index in [-0.39, 0.29) is 61.9 Å². The lowest BCUT2D eigenvalue weighted by Gasteiger charge is -2.42. The number of fused-ring (bicyclic) bond motifs is 2. The Morgan fingerprint density at radius 2 is 1.97 bits per heavy atom. The number of halogens is 1. The second-order valence-corrected chi connectivity index (χ2v) is 8.93. The summed E-state index contributed by atoms with van der Waals surface area (Å²) in [6.07, 6.45) is 0.617. The number of nitrogens with one attached hydrogen (secondary N) is 2. The number of hydrogen-bond donors (Lipinski definition) is 2. The van der Waals surface area contributed by atoms with E-state index in [1.807, 2.05) is 0 Å². The van der Waals surface area contributed by atoms with E-state index in [9.17, 15) is 18.8 Å². The largest absolute Gasteiger partial charge is 0.490 e. The van der Waals surface area contributed by atoms with Gasteiger partial charge >= 0.3 is 0 Å². The number of amides is 3. The molecule has 0 aromatic heterocycles. The van der Waals surface area contributed by atoms with E-state index in [0.717, 1.165) is 0 Å². The van der Waals surface area contributed by atoms with E-state index in [2.05, 4.69) is 10.6 Å². The maximum atomic E-state index is 13.8. The molecule has 0 bridgehead atoms. The van der Waals surface area contributed by atoms with Gasteiger partial charge in [0.25, 0.3) is 5.91 Å². The number of anilines is 1. The molecular formula is C26H30FN3O6. The number of methoxy groups -OCH3 is 1. The Morgan fingerprint density at radius 1 is 1.17 bits per heavy atom. The normalized spacial score (nSPS) is 21.4. The molecule has 1 fully saturated rings. The third-order valence-electron chi connectivity index (χ3n) is 6.42. The first kappa shape index (κ1) is 25.6. The average molecular weight is 500 g/mol. The number of carbonyl (C=O) groups is 3. The van der Waals surface area contributed by atoms with Crippen LogP contribution >= 0.6 is 0 Å². The van der Waals surface area contributed by atoms with Gasteiger partial charge < -0.3 is 29.7 Å². The van der Waals surface area contributed by atoms with Gasteiger partial charge in [-0.2, -0.15) is 0 Å². The standard InChI is InChI=1S/C26H30FN3O6/c1-30-21-9-8-18(12-24(31)28-13-16-5-3-4-6-20(16)27)36-23(21)14-35-22-10-7-17(11-19(22)26(30)33)29-25(32)15-34-2/h3-7,10-11,18,21,23H,8-9,12-15H2,1-2H3,(H,28,31)(H,29,32)/t18-,21-,23+/m0/s1. The van der Waals surface area contributed by atoms with E-state index in [0.29, 0.717) is 35.4 Å². The van der Waals surface area contributed by atoms with Gasteiger partial charge in [0.15, 0.2) is 0 Å². The van der Waals surface area contributed by atoms with Crippen molar-refractivity contribution in [2.24, 2.45) is 0 Å². The molecule has 2 N–H and O–H groups in total.